The minimum Gasteiger partial charge on any atom is -0.387 e. The molecule has 18 heteroatoms. The van der Waals surface area contributed by atoms with Crippen LogP contribution in [0.4, 0.5) is 5.95 Å². The quantitative estimate of drug-likeness (QED) is 0.160. The van der Waals surface area contributed by atoms with Gasteiger partial charge in [-0.15, -0.1) is 11.8 Å². The van der Waals surface area contributed by atoms with E-state index in [1.165, 1.54) is 22.7 Å². The Balaban J connectivity index is 1.80. The van der Waals surface area contributed by atoms with Gasteiger partial charge in [0.2, 0.25) is 5.95 Å². The molecule has 1 aliphatic heterocycles. The van der Waals surface area contributed by atoms with Gasteiger partial charge in [-0.2, -0.15) is 9.29 Å². The Morgan fingerprint density at radius 3 is 2.59 bits per heavy atom. The van der Waals surface area contributed by atoms with Crippen molar-refractivity contribution >= 4 is 44.5 Å². The second kappa shape index (κ2) is 8.17. The molecule has 2 aromatic rings. The molecule has 3 rings (SSSR count). The first kappa shape index (κ1) is 22.5. The average Bonchev–Trinajstić information content (AvgIpc) is 3.12. The van der Waals surface area contributed by atoms with Crippen LogP contribution in [0, 0.1) is 0 Å². The molecular formula is C11H17N5O10P2S. The number of rotatable bonds is 7. The Kier molecular flexibility index (Phi) is 6.34. The highest BCUT2D eigenvalue weighted by molar-refractivity contribution is 7.98. The maximum atomic E-state index is 11.5. The maximum Gasteiger partial charge on any atom is 0.481 e. The van der Waals surface area contributed by atoms with Crippen molar-refractivity contribution in [2.24, 2.45) is 0 Å². The van der Waals surface area contributed by atoms with Gasteiger partial charge in [-0.3, -0.25) is 9.09 Å². The second-order valence-electron chi connectivity index (χ2n) is 5.80. The van der Waals surface area contributed by atoms with Crippen molar-refractivity contribution in [3.63, 3.8) is 0 Å². The van der Waals surface area contributed by atoms with Gasteiger partial charge in [0.25, 0.3) is 0 Å². The number of aliphatic hydroxyl groups excluding tert-OH is 2. The Labute approximate surface area is 166 Å². The van der Waals surface area contributed by atoms with E-state index in [-0.39, 0.29) is 11.6 Å². The van der Waals surface area contributed by atoms with Crippen LogP contribution in [0.5, 0.6) is 0 Å². The maximum absolute atomic E-state index is 11.5. The number of phosphoric ester groups is 1. The number of hydrogen-bond donors (Lipinski definition) is 6. The molecule has 0 amide bonds. The fraction of sp³-hybridized carbons (Fsp3) is 0.545. The van der Waals surface area contributed by atoms with E-state index in [4.69, 9.17) is 20.3 Å². The molecule has 1 saturated heterocycles. The van der Waals surface area contributed by atoms with Crippen molar-refractivity contribution in [1.29, 1.82) is 0 Å². The summed E-state index contributed by atoms with van der Waals surface area (Å²) in [6, 6.07) is 0. The lowest BCUT2D eigenvalue weighted by atomic mass is 10.1. The highest BCUT2D eigenvalue weighted by Gasteiger charge is 2.46. The van der Waals surface area contributed by atoms with E-state index in [1.54, 1.807) is 6.26 Å². The zero-order chi connectivity index (χ0) is 21.6. The average molecular weight is 473 g/mol. The third-order valence-electron chi connectivity index (χ3n) is 3.82. The summed E-state index contributed by atoms with van der Waals surface area (Å²) in [4.78, 5) is 38.7. The number of nitrogens with two attached hydrogens (primary N) is 1. The van der Waals surface area contributed by atoms with E-state index in [9.17, 15) is 24.2 Å². The zero-order valence-electron chi connectivity index (χ0n) is 14.5. The smallest absolute Gasteiger partial charge is 0.387 e. The molecule has 7 N–H and O–H groups in total. The van der Waals surface area contributed by atoms with Crippen LogP contribution >= 0.6 is 27.4 Å². The van der Waals surface area contributed by atoms with Crippen LogP contribution < -0.4 is 5.73 Å². The van der Waals surface area contributed by atoms with Gasteiger partial charge in [-0.25, -0.2) is 19.1 Å². The second-order valence-corrected chi connectivity index (χ2v) is 9.42. The summed E-state index contributed by atoms with van der Waals surface area (Å²) >= 11 is 1.27. The third kappa shape index (κ3) is 4.95. The van der Waals surface area contributed by atoms with Crippen LogP contribution in [-0.2, 0) is 22.7 Å². The number of fused-ring (bicyclic) bond motifs is 1. The number of imidazole rings is 1. The van der Waals surface area contributed by atoms with Crippen LogP contribution in [0.2, 0.25) is 0 Å². The number of aromatic nitrogens is 4. The summed E-state index contributed by atoms with van der Waals surface area (Å²) in [5.41, 5.74) is 6.28. The number of anilines is 1. The monoisotopic (exact) mass is 473 g/mol. The van der Waals surface area contributed by atoms with Gasteiger partial charge in [0, 0.05) is 0 Å². The molecule has 1 fully saturated rings. The van der Waals surface area contributed by atoms with E-state index in [0.717, 1.165) is 0 Å². The number of phosphoric acid groups is 2. The molecule has 15 nitrogen and oxygen atoms in total. The van der Waals surface area contributed by atoms with Crippen LogP contribution in [0.3, 0.4) is 0 Å². The van der Waals surface area contributed by atoms with Gasteiger partial charge < -0.3 is 35.4 Å². The van der Waals surface area contributed by atoms with Crippen molar-refractivity contribution in [2.45, 2.75) is 29.6 Å². The SMILES string of the molecule is CSc1nc(N)nc2c1ncn2[C@@H]1O[C@H](COP(=O)(O)OP(=O)(O)O)[C@@H](O)[C@H]1O. The van der Waals surface area contributed by atoms with Crippen LogP contribution in [0.1, 0.15) is 6.23 Å². The molecule has 0 saturated carbocycles. The topological polar surface area (TPSA) is 233 Å². The molecular weight excluding hydrogens is 456 g/mol. The molecule has 0 bridgehead atoms. The van der Waals surface area contributed by atoms with Gasteiger partial charge in [-0.05, 0) is 6.26 Å². The highest BCUT2D eigenvalue weighted by Crippen LogP contribution is 2.57. The standard InChI is InChI=1S/C11H17N5O10P2S/c1-29-9-5-8(14-11(12)15-9)16(3-13-5)10-7(18)6(17)4(25-10)2-24-28(22,23)26-27(19,20)21/h3-4,6-7,10,17-18H,2H2,1H3,(H,22,23)(H2,12,14,15)(H2,19,20,21)/t4-,6-,7-,10-/m1/s1. The van der Waals surface area contributed by atoms with Crippen molar-refractivity contribution in [1.82, 2.24) is 19.5 Å². The molecule has 0 radical (unpaired) electrons. The Morgan fingerprint density at radius 2 is 1.97 bits per heavy atom. The summed E-state index contributed by atoms with van der Waals surface area (Å²) < 4.78 is 37.1. The molecule has 1 aliphatic rings. The van der Waals surface area contributed by atoms with E-state index in [1.807, 2.05) is 0 Å². The summed E-state index contributed by atoms with van der Waals surface area (Å²) in [6.07, 6.45) is -2.61. The lowest BCUT2D eigenvalue weighted by Crippen LogP contribution is -2.33. The molecule has 3 heterocycles. The van der Waals surface area contributed by atoms with Gasteiger partial charge in [0.15, 0.2) is 11.9 Å². The molecule has 162 valence electrons. The van der Waals surface area contributed by atoms with E-state index >= 15 is 0 Å². The molecule has 0 aromatic carbocycles. The minimum absolute atomic E-state index is 0.0488. The van der Waals surface area contributed by atoms with E-state index in [0.29, 0.717) is 10.5 Å². The number of nitrogen functional groups attached to an aromatic ring is 1. The molecule has 5 atom stereocenters. The number of hydrogen-bond acceptors (Lipinski definition) is 12. The molecule has 2 aromatic heterocycles. The van der Waals surface area contributed by atoms with Crippen LogP contribution in [-0.4, -0.2) is 75.6 Å². The minimum atomic E-state index is -5.30. The first-order chi connectivity index (χ1) is 13.4. The summed E-state index contributed by atoms with van der Waals surface area (Å²) in [5.74, 6) is -0.0488. The Hall–Kier alpha value is -1.16. The lowest BCUT2D eigenvalue weighted by Gasteiger charge is -2.17. The fourth-order valence-corrected chi connectivity index (χ4v) is 4.78. The largest absolute Gasteiger partial charge is 0.481 e. The lowest BCUT2D eigenvalue weighted by molar-refractivity contribution is -0.0503. The number of ether oxygens (including phenoxy) is 1. The van der Waals surface area contributed by atoms with Crippen molar-refractivity contribution in [3.05, 3.63) is 6.33 Å². The van der Waals surface area contributed by atoms with Gasteiger partial charge in [0.1, 0.15) is 28.9 Å². The van der Waals surface area contributed by atoms with Crippen molar-refractivity contribution < 1.29 is 47.6 Å². The first-order valence-corrected chi connectivity index (χ1v) is 12.0. The summed E-state index contributed by atoms with van der Waals surface area (Å²) in [5, 5.41) is 21.0. The summed E-state index contributed by atoms with van der Waals surface area (Å²) in [7, 11) is -10.4. The van der Waals surface area contributed by atoms with Crippen molar-refractivity contribution in [2.75, 3.05) is 18.6 Å². The predicted octanol–water partition coefficient (Wildman–Crippen LogP) is -1.02. The molecule has 0 aliphatic carbocycles. The van der Waals surface area contributed by atoms with Crippen LogP contribution in [0.15, 0.2) is 11.4 Å². The fourth-order valence-electron chi connectivity index (χ4n) is 2.66. The molecule has 29 heavy (non-hydrogen) atoms. The summed E-state index contributed by atoms with van der Waals surface area (Å²) in [6.45, 7) is -0.817. The van der Waals surface area contributed by atoms with Gasteiger partial charge >= 0.3 is 15.6 Å². The normalized spacial score (nSPS) is 27.4. The Bertz CT molecular complexity index is 1000. The van der Waals surface area contributed by atoms with Crippen molar-refractivity contribution in [3.8, 4) is 0 Å². The molecule has 0 spiro atoms. The highest BCUT2D eigenvalue weighted by atomic mass is 32.2. The van der Waals surface area contributed by atoms with Gasteiger partial charge in [-0.1, -0.05) is 0 Å². The van der Waals surface area contributed by atoms with E-state index < -0.39 is 46.8 Å². The first-order valence-electron chi connectivity index (χ1n) is 7.71. The Morgan fingerprint density at radius 1 is 1.28 bits per heavy atom. The molecule has 1 unspecified atom stereocenters. The van der Waals surface area contributed by atoms with Crippen LogP contribution in [0.25, 0.3) is 11.2 Å². The number of thioether (sulfide) groups is 1. The third-order valence-corrected chi connectivity index (χ3v) is 6.65. The number of aliphatic hydroxyl groups is 2. The predicted molar refractivity (Wildman–Crippen MR) is 96.3 cm³/mol. The number of nitrogens with zero attached hydrogens (tertiary/aromatic N) is 4. The van der Waals surface area contributed by atoms with Gasteiger partial charge in [0.05, 0.1) is 12.9 Å². The zero-order valence-corrected chi connectivity index (χ0v) is 17.1. The van der Waals surface area contributed by atoms with E-state index in [2.05, 4.69) is 23.8 Å².